The molecule has 0 aliphatic carbocycles. The molecule has 150 valence electrons. The third-order valence-electron chi connectivity index (χ3n) is 4.45. The lowest BCUT2D eigenvalue weighted by molar-refractivity contribution is -0.122. The molecule has 0 saturated carbocycles. The number of rotatable bonds is 6. The minimum atomic E-state index is -3.64. The summed E-state index contributed by atoms with van der Waals surface area (Å²) >= 11 is 0. The van der Waals surface area contributed by atoms with Gasteiger partial charge in [0.1, 0.15) is 18.8 Å². The molecule has 0 spiro atoms. The number of hydrogen-bond donors (Lipinski definition) is 1. The van der Waals surface area contributed by atoms with Crippen molar-refractivity contribution >= 4 is 21.6 Å². The van der Waals surface area contributed by atoms with Crippen LogP contribution < -0.4 is 19.1 Å². The van der Waals surface area contributed by atoms with E-state index in [0.717, 1.165) is 16.1 Å². The van der Waals surface area contributed by atoms with Crippen molar-refractivity contribution in [2.75, 3.05) is 23.7 Å². The van der Waals surface area contributed by atoms with E-state index < -0.39 is 22.0 Å². The Morgan fingerprint density at radius 3 is 2.46 bits per heavy atom. The molecule has 2 aromatic carbocycles. The highest BCUT2D eigenvalue weighted by Gasteiger charge is 2.30. The molecule has 1 N–H and O–H groups in total. The van der Waals surface area contributed by atoms with Gasteiger partial charge in [0.05, 0.1) is 18.5 Å². The summed E-state index contributed by atoms with van der Waals surface area (Å²) in [5, 5.41) is 2.77. The number of aryl methyl sites for hydroxylation is 1. The summed E-state index contributed by atoms with van der Waals surface area (Å²) in [6.45, 7) is 3.99. The van der Waals surface area contributed by atoms with Gasteiger partial charge < -0.3 is 14.8 Å². The van der Waals surface area contributed by atoms with Gasteiger partial charge in [-0.2, -0.15) is 0 Å². The zero-order chi connectivity index (χ0) is 20.3. The van der Waals surface area contributed by atoms with E-state index in [1.54, 1.807) is 25.1 Å². The van der Waals surface area contributed by atoms with Crippen LogP contribution in [-0.2, 0) is 14.8 Å². The number of carbonyl (C=O) groups is 1. The second-order valence-electron chi connectivity index (χ2n) is 6.81. The topological polar surface area (TPSA) is 84.9 Å². The second-order valence-corrected chi connectivity index (χ2v) is 8.67. The van der Waals surface area contributed by atoms with Crippen molar-refractivity contribution in [3.63, 3.8) is 0 Å². The van der Waals surface area contributed by atoms with Crippen molar-refractivity contribution in [3.05, 3.63) is 54.1 Å². The highest BCUT2D eigenvalue weighted by molar-refractivity contribution is 7.92. The molecule has 3 rings (SSSR count). The van der Waals surface area contributed by atoms with Crippen molar-refractivity contribution in [3.8, 4) is 11.5 Å². The average molecular weight is 404 g/mol. The number of anilines is 1. The third kappa shape index (κ3) is 4.56. The van der Waals surface area contributed by atoms with Gasteiger partial charge in [-0.1, -0.05) is 29.8 Å². The van der Waals surface area contributed by atoms with Crippen LogP contribution in [-0.4, -0.2) is 45.9 Å². The first-order chi connectivity index (χ1) is 13.3. The predicted molar refractivity (Wildman–Crippen MR) is 107 cm³/mol. The Morgan fingerprint density at radius 2 is 1.82 bits per heavy atom. The summed E-state index contributed by atoms with van der Waals surface area (Å²) in [6.07, 6.45) is 0.739. The summed E-state index contributed by atoms with van der Waals surface area (Å²) in [5.41, 5.74) is 1.45. The molecule has 8 heteroatoms. The molecule has 0 fully saturated rings. The number of amides is 1. The number of ether oxygens (including phenoxy) is 2. The normalized spacial score (nSPS) is 16.9. The maximum Gasteiger partial charge on any atom is 0.243 e. The van der Waals surface area contributed by atoms with Crippen LogP contribution in [0, 0.1) is 6.92 Å². The highest BCUT2D eigenvalue weighted by Crippen LogP contribution is 2.30. The van der Waals surface area contributed by atoms with Gasteiger partial charge in [0.15, 0.2) is 11.5 Å². The van der Waals surface area contributed by atoms with Crippen LogP contribution in [0.4, 0.5) is 5.69 Å². The molecule has 0 saturated heterocycles. The highest BCUT2D eigenvalue weighted by atomic mass is 32.2. The number of nitrogens with one attached hydrogen (secondary N) is 1. The molecule has 1 amide bonds. The largest absolute Gasteiger partial charge is 0.486 e. The van der Waals surface area contributed by atoms with E-state index in [-0.39, 0.29) is 12.6 Å². The molecule has 2 atom stereocenters. The zero-order valence-electron chi connectivity index (χ0n) is 16.1. The lowest BCUT2D eigenvalue weighted by atomic mass is 10.2. The van der Waals surface area contributed by atoms with E-state index in [2.05, 4.69) is 5.32 Å². The summed E-state index contributed by atoms with van der Waals surface area (Å²) in [5.74, 6) is 0.882. The first kappa shape index (κ1) is 20.0. The maximum atomic E-state index is 12.6. The van der Waals surface area contributed by atoms with Gasteiger partial charge in [0, 0.05) is 0 Å². The second kappa shape index (κ2) is 8.10. The molecular weight excluding hydrogens is 380 g/mol. The fourth-order valence-electron chi connectivity index (χ4n) is 3.03. The molecule has 0 radical (unpaired) electrons. The molecule has 1 aliphatic heterocycles. The van der Waals surface area contributed by atoms with Crippen molar-refractivity contribution in [1.29, 1.82) is 0 Å². The molecule has 0 aromatic heterocycles. The Kier molecular flexibility index (Phi) is 5.79. The quantitative estimate of drug-likeness (QED) is 0.797. The molecule has 1 heterocycles. The van der Waals surface area contributed by atoms with Crippen LogP contribution in [0.25, 0.3) is 0 Å². The summed E-state index contributed by atoms with van der Waals surface area (Å²) in [7, 11) is -3.64. The summed E-state index contributed by atoms with van der Waals surface area (Å²) in [6, 6.07) is 13.4. The first-order valence-corrected chi connectivity index (χ1v) is 10.8. The van der Waals surface area contributed by atoms with E-state index >= 15 is 0 Å². The van der Waals surface area contributed by atoms with Crippen LogP contribution in [0.5, 0.6) is 11.5 Å². The molecule has 1 aliphatic rings. The number of hydrogen-bond acceptors (Lipinski definition) is 5. The van der Waals surface area contributed by atoms with Gasteiger partial charge in [-0.3, -0.25) is 9.10 Å². The minimum Gasteiger partial charge on any atom is -0.486 e. The molecule has 2 aromatic rings. The lowest BCUT2D eigenvalue weighted by Crippen LogP contribution is -2.50. The van der Waals surface area contributed by atoms with Crippen molar-refractivity contribution < 1.29 is 22.7 Å². The van der Waals surface area contributed by atoms with Gasteiger partial charge in [-0.05, 0) is 38.1 Å². The van der Waals surface area contributed by atoms with E-state index in [1.165, 1.54) is 0 Å². The monoisotopic (exact) mass is 404 g/mol. The van der Waals surface area contributed by atoms with E-state index in [9.17, 15) is 13.2 Å². The standard InChI is InChI=1S/C20H24N2O5S/c1-14-8-10-16(11-9-14)22(28(3,24)25)15(2)20(23)21-12-17-13-26-18-6-4-5-7-19(18)27-17/h4-11,15,17H,12-13H2,1-3H3,(H,21,23)/t15-,17+/m0/s1. The van der Waals surface area contributed by atoms with Crippen LogP contribution >= 0.6 is 0 Å². The minimum absolute atomic E-state index is 0.211. The van der Waals surface area contributed by atoms with Crippen LogP contribution in [0.1, 0.15) is 12.5 Å². The van der Waals surface area contributed by atoms with E-state index in [0.29, 0.717) is 23.8 Å². The lowest BCUT2D eigenvalue weighted by Gasteiger charge is -2.30. The van der Waals surface area contributed by atoms with E-state index in [4.69, 9.17) is 9.47 Å². The molecular formula is C20H24N2O5S. The smallest absolute Gasteiger partial charge is 0.243 e. The van der Waals surface area contributed by atoms with Gasteiger partial charge in [0.2, 0.25) is 15.9 Å². The molecule has 7 nitrogen and oxygen atoms in total. The number of para-hydroxylation sites is 2. The fraction of sp³-hybridized carbons (Fsp3) is 0.350. The Hall–Kier alpha value is -2.74. The Labute approximate surface area is 165 Å². The molecule has 28 heavy (non-hydrogen) atoms. The predicted octanol–water partition coefficient (Wildman–Crippen LogP) is 2.11. The number of carbonyl (C=O) groups excluding carboxylic acids is 1. The summed E-state index contributed by atoms with van der Waals surface area (Å²) in [4.78, 5) is 12.6. The van der Waals surface area contributed by atoms with Gasteiger partial charge in [-0.25, -0.2) is 8.42 Å². The van der Waals surface area contributed by atoms with Crippen LogP contribution in [0.2, 0.25) is 0 Å². The third-order valence-corrected chi connectivity index (χ3v) is 5.69. The molecule has 0 unspecified atom stereocenters. The van der Waals surface area contributed by atoms with Crippen molar-refractivity contribution in [1.82, 2.24) is 5.32 Å². The zero-order valence-corrected chi connectivity index (χ0v) is 16.9. The fourth-order valence-corrected chi connectivity index (χ4v) is 4.20. The Bertz CT molecular complexity index is 943. The van der Waals surface area contributed by atoms with Crippen molar-refractivity contribution in [2.24, 2.45) is 0 Å². The Balaban J connectivity index is 1.66. The van der Waals surface area contributed by atoms with Crippen LogP contribution in [0.3, 0.4) is 0 Å². The Morgan fingerprint density at radius 1 is 1.18 bits per heavy atom. The number of benzene rings is 2. The van der Waals surface area contributed by atoms with Crippen LogP contribution in [0.15, 0.2) is 48.5 Å². The van der Waals surface area contributed by atoms with Crippen molar-refractivity contribution in [2.45, 2.75) is 26.0 Å². The SMILES string of the molecule is Cc1ccc(N([C@@H](C)C(=O)NC[C@@H]2COc3ccccc3O2)S(C)(=O)=O)cc1. The number of nitrogens with zero attached hydrogens (tertiary/aromatic N) is 1. The molecule has 0 bridgehead atoms. The van der Waals surface area contributed by atoms with Gasteiger partial charge >= 0.3 is 0 Å². The maximum absolute atomic E-state index is 12.6. The van der Waals surface area contributed by atoms with E-state index in [1.807, 2.05) is 37.3 Å². The average Bonchev–Trinajstić information content (AvgIpc) is 2.66. The summed E-state index contributed by atoms with van der Waals surface area (Å²) < 4.78 is 37.2. The van der Waals surface area contributed by atoms with Gasteiger partial charge in [0.25, 0.3) is 0 Å². The number of sulfonamides is 1. The number of fused-ring (bicyclic) bond motifs is 1. The first-order valence-electron chi connectivity index (χ1n) is 8.98. The van der Waals surface area contributed by atoms with Gasteiger partial charge in [-0.15, -0.1) is 0 Å².